The summed E-state index contributed by atoms with van der Waals surface area (Å²) in [6, 6.07) is 14.8. The number of halogens is 3. The summed E-state index contributed by atoms with van der Waals surface area (Å²) in [5.41, 5.74) is 2.55. The third kappa shape index (κ3) is 4.47. The van der Waals surface area contributed by atoms with E-state index < -0.39 is 5.91 Å². The summed E-state index contributed by atoms with van der Waals surface area (Å²) in [7, 11) is 0. The van der Waals surface area contributed by atoms with E-state index in [1.165, 1.54) is 12.1 Å². The van der Waals surface area contributed by atoms with Crippen LogP contribution < -0.4 is 5.32 Å². The number of carbonyl (C=O) groups is 1. The maximum absolute atomic E-state index is 13.0. The third-order valence-electron chi connectivity index (χ3n) is 4.17. The third-order valence-corrected chi connectivity index (χ3v) is 4.70. The van der Waals surface area contributed by atoms with Gasteiger partial charge in [-0.15, -0.1) is 0 Å². The van der Waals surface area contributed by atoms with Crippen molar-refractivity contribution in [3.8, 4) is 11.3 Å². The van der Waals surface area contributed by atoms with E-state index in [1.807, 2.05) is 12.1 Å². The summed E-state index contributed by atoms with van der Waals surface area (Å²) < 4.78 is 14.6. The van der Waals surface area contributed by atoms with Gasteiger partial charge in [0.05, 0.1) is 12.2 Å². The first-order valence-corrected chi connectivity index (χ1v) is 9.33. The molecule has 2 N–H and O–H groups in total. The molecule has 0 atom stereocenters. The summed E-state index contributed by atoms with van der Waals surface area (Å²) >= 11 is 12.1. The molecule has 9 heteroatoms. The Labute approximate surface area is 175 Å². The number of aromatic nitrogens is 4. The molecule has 0 spiro atoms. The van der Waals surface area contributed by atoms with Crippen molar-refractivity contribution in [1.82, 2.24) is 20.0 Å². The van der Waals surface area contributed by atoms with Crippen LogP contribution in [0.5, 0.6) is 0 Å². The molecule has 4 aromatic rings. The Morgan fingerprint density at radius 3 is 2.55 bits per heavy atom. The number of carbonyl (C=O) groups excluding carboxylic acids is 1. The highest BCUT2D eigenvalue weighted by atomic mass is 35.5. The first kappa shape index (κ1) is 19.2. The summed E-state index contributed by atoms with van der Waals surface area (Å²) in [6.45, 7) is 0.390. The fraction of sp³-hybridized carbons (Fsp3) is 0.0500. The minimum Gasteiger partial charge on any atom is -0.302 e. The first-order valence-electron chi connectivity index (χ1n) is 8.58. The number of rotatable bonds is 5. The van der Waals surface area contributed by atoms with Crippen LogP contribution in [0.2, 0.25) is 10.0 Å². The zero-order valence-corrected chi connectivity index (χ0v) is 16.4. The molecule has 0 aliphatic heterocycles. The van der Waals surface area contributed by atoms with Crippen LogP contribution in [0.1, 0.15) is 16.1 Å². The molecule has 0 fully saturated rings. The van der Waals surface area contributed by atoms with E-state index in [4.69, 9.17) is 23.2 Å². The number of nitrogens with zero attached hydrogens (tertiary/aromatic N) is 3. The van der Waals surface area contributed by atoms with Gasteiger partial charge in [0.25, 0.3) is 5.91 Å². The Kier molecular flexibility index (Phi) is 5.33. The molecule has 0 radical (unpaired) electrons. The van der Waals surface area contributed by atoms with Gasteiger partial charge in [-0.1, -0.05) is 47.5 Å². The van der Waals surface area contributed by atoms with Crippen molar-refractivity contribution in [3.63, 3.8) is 0 Å². The van der Waals surface area contributed by atoms with Crippen molar-refractivity contribution in [3.05, 3.63) is 87.9 Å². The van der Waals surface area contributed by atoms with E-state index in [2.05, 4.69) is 20.6 Å². The molecule has 2 heterocycles. The average Bonchev–Trinajstić information content (AvgIpc) is 3.32. The van der Waals surface area contributed by atoms with Crippen LogP contribution in [-0.4, -0.2) is 25.9 Å². The maximum Gasteiger partial charge on any atom is 0.274 e. The molecule has 29 heavy (non-hydrogen) atoms. The largest absolute Gasteiger partial charge is 0.302 e. The van der Waals surface area contributed by atoms with Crippen molar-refractivity contribution in [2.45, 2.75) is 6.54 Å². The van der Waals surface area contributed by atoms with Crippen molar-refractivity contribution >= 4 is 34.9 Å². The molecule has 2 aromatic heterocycles. The van der Waals surface area contributed by atoms with Crippen LogP contribution in [-0.2, 0) is 6.54 Å². The highest BCUT2D eigenvalue weighted by Gasteiger charge is 2.15. The number of nitrogens with one attached hydrogen (secondary N) is 2. The Balaban J connectivity index is 1.46. The minimum atomic E-state index is -0.424. The van der Waals surface area contributed by atoms with Crippen LogP contribution >= 0.6 is 23.2 Å². The van der Waals surface area contributed by atoms with Gasteiger partial charge < -0.3 is 5.32 Å². The van der Waals surface area contributed by atoms with Crippen LogP contribution in [0.15, 0.2) is 60.8 Å². The second-order valence-electron chi connectivity index (χ2n) is 6.28. The summed E-state index contributed by atoms with van der Waals surface area (Å²) in [6.07, 6.45) is 1.59. The highest BCUT2D eigenvalue weighted by molar-refractivity contribution is 6.33. The van der Waals surface area contributed by atoms with E-state index in [9.17, 15) is 9.18 Å². The molecule has 0 saturated heterocycles. The smallest absolute Gasteiger partial charge is 0.274 e. The van der Waals surface area contributed by atoms with Gasteiger partial charge in [0.15, 0.2) is 5.82 Å². The predicted octanol–water partition coefficient (Wildman–Crippen LogP) is 5.02. The number of hydrogen-bond acceptors (Lipinski definition) is 3. The molecule has 6 nitrogen and oxygen atoms in total. The predicted molar refractivity (Wildman–Crippen MR) is 110 cm³/mol. The highest BCUT2D eigenvalue weighted by Crippen LogP contribution is 2.23. The lowest BCUT2D eigenvalue weighted by Crippen LogP contribution is -2.13. The molecule has 1 amide bonds. The molecule has 0 unspecified atom stereocenters. The van der Waals surface area contributed by atoms with Crippen molar-refractivity contribution in [2.24, 2.45) is 0 Å². The molecule has 2 aromatic carbocycles. The van der Waals surface area contributed by atoms with E-state index in [-0.39, 0.29) is 22.4 Å². The Hall–Kier alpha value is -3.16. The zero-order valence-electron chi connectivity index (χ0n) is 14.9. The standard InChI is InChI=1S/C20H14Cl2FN5O/c21-14-5-3-13(4-6-14)17-9-18(26-25-17)20(29)24-19-16(22)11-28(27-19)10-12-1-7-15(23)8-2-12/h1-9,11H,10H2,(H,25,26)(H,24,27,29). The maximum atomic E-state index is 13.0. The Morgan fingerprint density at radius 1 is 1.10 bits per heavy atom. The Bertz CT molecular complexity index is 1150. The lowest BCUT2D eigenvalue weighted by molar-refractivity contribution is 0.102. The van der Waals surface area contributed by atoms with E-state index in [1.54, 1.807) is 41.2 Å². The summed E-state index contributed by atoms with van der Waals surface area (Å²) in [5, 5.41) is 14.7. The van der Waals surface area contributed by atoms with Crippen LogP contribution in [0.3, 0.4) is 0 Å². The lowest BCUT2D eigenvalue weighted by atomic mass is 10.1. The first-order chi connectivity index (χ1) is 14.0. The van der Waals surface area contributed by atoms with Crippen molar-refractivity contribution < 1.29 is 9.18 Å². The molecule has 4 rings (SSSR count). The summed E-state index contributed by atoms with van der Waals surface area (Å²) in [4.78, 5) is 12.5. The zero-order chi connectivity index (χ0) is 20.4. The Morgan fingerprint density at radius 2 is 1.83 bits per heavy atom. The number of benzene rings is 2. The van der Waals surface area contributed by atoms with E-state index in [0.717, 1.165) is 11.1 Å². The van der Waals surface area contributed by atoms with E-state index >= 15 is 0 Å². The van der Waals surface area contributed by atoms with Gasteiger partial charge in [-0.2, -0.15) is 10.2 Å². The molecule has 0 bridgehead atoms. The molecular formula is C20H14Cl2FN5O. The van der Waals surface area contributed by atoms with Crippen LogP contribution in [0.25, 0.3) is 11.3 Å². The molecular weight excluding hydrogens is 416 g/mol. The number of aromatic amines is 1. The monoisotopic (exact) mass is 429 g/mol. The van der Waals surface area contributed by atoms with E-state index in [0.29, 0.717) is 17.3 Å². The SMILES string of the molecule is O=C(Nc1nn(Cc2ccc(F)cc2)cc1Cl)c1cc(-c2ccc(Cl)cc2)n[nH]1. The van der Waals surface area contributed by atoms with Gasteiger partial charge in [0.1, 0.15) is 16.5 Å². The minimum absolute atomic E-state index is 0.224. The fourth-order valence-corrected chi connectivity index (χ4v) is 3.04. The number of amides is 1. The quantitative estimate of drug-likeness (QED) is 0.467. The number of anilines is 1. The van der Waals surface area contributed by atoms with Crippen molar-refractivity contribution in [2.75, 3.05) is 5.32 Å². The number of hydrogen-bond donors (Lipinski definition) is 2. The normalized spacial score (nSPS) is 10.9. The fourth-order valence-electron chi connectivity index (χ4n) is 2.72. The molecule has 0 aliphatic carbocycles. The second-order valence-corrected chi connectivity index (χ2v) is 7.12. The average molecular weight is 430 g/mol. The molecule has 0 saturated carbocycles. The number of H-pyrrole nitrogens is 1. The van der Waals surface area contributed by atoms with Crippen LogP contribution in [0, 0.1) is 5.82 Å². The van der Waals surface area contributed by atoms with Gasteiger partial charge in [-0.05, 0) is 35.9 Å². The molecule has 146 valence electrons. The van der Waals surface area contributed by atoms with Gasteiger partial charge in [0, 0.05) is 16.8 Å². The van der Waals surface area contributed by atoms with Gasteiger partial charge >= 0.3 is 0 Å². The summed E-state index contributed by atoms with van der Waals surface area (Å²) in [5.74, 6) is -0.509. The lowest BCUT2D eigenvalue weighted by Gasteiger charge is -2.02. The van der Waals surface area contributed by atoms with Gasteiger partial charge in [0.2, 0.25) is 0 Å². The molecule has 0 aliphatic rings. The van der Waals surface area contributed by atoms with Gasteiger partial charge in [-0.25, -0.2) is 4.39 Å². The topological polar surface area (TPSA) is 75.6 Å². The van der Waals surface area contributed by atoms with Gasteiger partial charge in [-0.3, -0.25) is 14.6 Å². The van der Waals surface area contributed by atoms with Crippen LogP contribution in [0.4, 0.5) is 10.2 Å². The second kappa shape index (κ2) is 8.06. The van der Waals surface area contributed by atoms with Crippen molar-refractivity contribution in [1.29, 1.82) is 0 Å².